The Balaban J connectivity index is 1.68. The third kappa shape index (κ3) is 4.19. The Labute approximate surface area is 152 Å². The lowest BCUT2D eigenvalue weighted by Crippen LogP contribution is -2.13. The molecule has 0 aliphatic carbocycles. The SMILES string of the molecule is N#Cc1ccc(Nc2ncc(C(=O)Nc3ccccc3Br)cn2)cc1. The number of amides is 1. The number of nitrogens with zero attached hydrogens (tertiary/aromatic N) is 3. The van der Waals surface area contributed by atoms with Crippen LogP contribution in [0.25, 0.3) is 0 Å². The predicted octanol–water partition coefficient (Wildman–Crippen LogP) is 4.11. The molecule has 3 aromatic rings. The third-order valence-corrected chi connectivity index (χ3v) is 4.00. The minimum atomic E-state index is -0.295. The zero-order valence-corrected chi connectivity index (χ0v) is 14.5. The molecule has 122 valence electrons. The van der Waals surface area contributed by atoms with E-state index in [2.05, 4.69) is 42.6 Å². The largest absolute Gasteiger partial charge is 0.324 e. The summed E-state index contributed by atoms with van der Waals surface area (Å²) in [5.74, 6) is 0.0685. The molecule has 0 fully saturated rings. The van der Waals surface area contributed by atoms with Crippen LogP contribution >= 0.6 is 15.9 Å². The summed E-state index contributed by atoms with van der Waals surface area (Å²) >= 11 is 3.38. The standard InChI is InChI=1S/C18H12BrN5O/c19-15-3-1-2-4-16(15)24-17(25)13-10-21-18(22-11-13)23-14-7-5-12(9-20)6-8-14/h1-8,10-11H,(H,24,25)(H,21,22,23). The van der Waals surface area contributed by atoms with Crippen LogP contribution in [0.15, 0.2) is 65.4 Å². The number of anilines is 3. The highest BCUT2D eigenvalue weighted by Crippen LogP contribution is 2.22. The van der Waals surface area contributed by atoms with Gasteiger partial charge in [-0.15, -0.1) is 0 Å². The quantitative estimate of drug-likeness (QED) is 0.695. The summed E-state index contributed by atoms with van der Waals surface area (Å²) in [5, 5.41) is 14.6. The Morgan fingerprint density at radius 3 is 2.36 bits per heavy atom. The lowest BCUT2D eigenvalue weighted by molar-refractivity contribution is 0.102. The van der Waals surface area contributed by atoms with Gasteiger partial charge in [-0.3, -0.25) is 4.79 Å². The smallest absolute Gasteiger partial charge is 0.258 e. The molecule has 0 unspecified atom stereocenters. The second-order valence-electron chi connectivity index (χ2n) is 5.04. The number of benzene rings is 2. The van der Waals surface area contributed by atoms with Crippen molar-refractivity contribution in [2.24, 2.45) is 0 Å². The normalized spacial score (nSPS) is 9.92. The zero-order valence-electron chi connectivity index (χ0n) is 12.9. The molecule has 0 saturated heterocycles. The number of halogens is 1. The summed E-state index contributed by atoms with van der Waals surface area (Å²) < 4.78 is 0.795. The van der Waals surface area contributed by atoms with Crippen molar-refractivity contribution in [3.63, 3.8) is 0 Å². The van der Waals surface area contributed by atoms with Gasteiger partial charge in [-0.25, -0.2) is 9.97 Å². The highest BCUT2D eigenvalue weighted by Gasteiger charge is 2.09. The van der Waals surface area contributed by atoms with Crippen LogP contribution in [-0.4, -0.2) is 15.9 Å². The minimum Gasteiger partial charge on any atom is -0.324 e. The molecule has 0 radical (unpaired) electrons. The molecular weight excluding hydrogens is 382 g/mol. The van der Waals surface area contributed by atoms with E-state index >= 15 is 0 Å². The lowest BCUT2D eigenvalue weighted by Gasteiger charge is -2.08. The van der Waals surface area contributed by atoms with Gasteiger partial charge in [0.2, 0.25) is 5.95 Å². The lowest BCUT2D eigenvalue weighted by atomic mass is 10.2. The van der Waals surface area contributed by atoms with Gasteiger partial charge in [-0.05, 0) is 52.3 Å². The zero-order chi connectivity index (χ0) is 17.6. The Morgan fingerprint density at radius 2 is 1.72 bits per heavy atom. The monoisotopic (exact) mass is 393 g/mol. The maximum atomic E-state index is 12.2. The van der Waals surface area contributed by atoms with Crippen molar-refractivity contribution in [1.82, 2.24) is 9.97 Å². The predicted molar refractivity (Wildman–Crippen MR) is 98.6 cm³/mol. The van der Waals surface area contributed by atoms with Gasteiger partial charge in [0.1, 0.15) is 0 Å². The van der Waals surface area contributed by atoms with Gasteiger partial charge in [0.05, 0.1) is 22.9 Å². The van der Waals surface area contributed by atoms with Gasteiger partial charge in [0.25, 0.3) is 5.91 Å². The van der Waals surface area contributed by atoms with Gasteiger partial charge in [0.15, 0.2) is 0 Å². The van der Waals surface area contributed by atoms with E-state index in [1.165, 1.54) is 12.4 Å². The van der Waals surface area contributed by atoms with Crippen molar-refractivity contribution in [1.29, 1.82) is 5.26 Å². The Bertz CT molecular complexity index is 933. The topological polar surface area (TPSA) is 90.7 Å². The minimum absolute atomic E-state index is 0.295. The number of hydrogen-bond acceptors (Lipinski definition) is 5. The molecule has 2 N–H and O–H groups in total. The molecule has 25 heavy (non-hydrogen) atoms. The summed E-state index contributed by atoms with van der Waals surface area (Å²) in [4.78, 5) is 20.5. The number of rotatable bonds is 4. The van der Waals surface area contributed by atoms with E-state index < -0.39 is 0 Å². The third-order valence-electron chi connectivity index (χ3n) is 3.31. The average Bonchev–Trinajstić information content (AvgIpc) is 2.65. The molecule has 0 aliphatic heterocycles. The number of nitrogens with one attached hydrogen (secondary N) is 2. The maximum Gasteiger partial charge on any atom is 0.258 e. The van der Waals surface area contributed by atoms with Crippen molar-refractivity contribution in [3.05, 3.63) is 76.5 Å². The van der Waals surface area contributed by atoms with E-state index in [1.807, 2.05) is 18.2 Å². The molecule has 3 rings (SSSR count). The Morgan fingerprint density at radius 1 is 1.04 bits per heavy atom. The van der Waals surface area contributed by atoms with Gasteiger partial charge in [0, 0.05) is 22.6 Å². The van der Waals surface area contributed by atoms with E-state index in [9.17, 15) is 4.79 Å². The second-order valence-corrected chi connectivity index (χ2v) is 5.90. The van der Waals surface area contributed by atoms with Crippen molar-refractivity contribution in [2.75, 3.05) is 10.6 Å². The summed E-state index contributed by atoms with van der Waals surface area (Å²) in [7, 11) is 0. The van der Waals surface area contributed by atoms with Gasteiger partial charge in [-0.2, -0.15) is 5.26 Å². The maximum absolute atomic E-state index is 12.2. The van der Waals surface area contributed by atoms with Crippen molar-refractivity contribution >= 4 is 39.2 Å². The molecule has 1 heterocycles. The molecule has 0 spiro atoms. The molecule has 1 amide bonds. The van der Waals surface area contributed by atoms with E-state index in [-0.39, 0.29) is 5.91 Å². The Kier molecular flexibility index (Phi) is 5.02. The fourth-order valence-corrected chi connectivity index (χ4v) is 2.41. The summed E-state index contributed by atoms with van der Waals surface area (Å²) in [6, 6.07) is 16.3. The van der Waals surface area contributed by atoms with E-state index in [4.69, 9.17) is 5.26 Å². The van der Waals surface area contributed by atoms with Crippen LogP contribution in [0.4, 0.5) is 17.3 Å². The summed E-state index contributed by atoms with van der Waals surface area (Å²) in [5.41, 5.74) is 2.35. The van der Waals surface area contributed by atoms with Crippen molar-refractivity contribution in [3.8, 4) is 6.07 Å². The van der Waals surface area contributed by atoms with Gasteiger partial charge >= 0.3 is 0 Å². The highest BCUT2D eigenvalue weighted by molar-refractivity contribution is 9.10. The van der Waals surface area contributed by atoms with Gasteiger partial charge < -0.3 is 10.6 Å². The number of aromatic nitrogens is 2. The highest BCUT2D eigenvalue weighted by atomic mass is 79.9. The molecule has 0 aliphatic rings. The number of hydrogen-bond donors (Lipinski definition) is 2. The molecule has 1 aromatic heterocycles. The van der Waals surface area contributed by atoms with Crippen LogP contribution in [0.2, 0.25) is 0 Å². The molecule has 0 saturated carbocycles. The first-order chi connectivity index (χ1) is 12.2. The average molecular weight is 394 g/mol. The van der Waals surface area contributed by atoms with Gasteiger partial charge in [-0.1, -0.05) is 12.1 Å². The van der Waals surface area contributed by atoms with Crippen LogP contribution in [0, 0.1) is 11.3 Å². The number of carbonyl (C=O) groups excluding carboxylic acids is 1. The summed E-state index contributed by atoms with van der Waals surface area (Å²) in [6.45, 7) is 0. The van der Waals surface area contributed by atoms with Crippen LogP contribution < -0.4 is 10.6 Å². The molecule has 0 atom stereocenters. The van der Waals surface area contributed by atoms with E-state index in [0.717, 1.165) is 10.2 Å². The first kappa shape index (κ1) is 16.6. The molecule has 2 aromatic carbocycles. The molecule has 0 bridgehead atoms. The second kappa shape index (κ2) is 7.55. The van der Waals surface area contributed by atoms with Crippen molar-refractivity contribution in [2.45, 2.75) is 0 Å². The van der Waals surface area contributed by atoms with Crippen LogP contribution in [-0.2, 0) is 0 Å². The molecular formula is C18H12BrN5O. The molecule has 7 heteroatoms. The van der Waals surface area contributed by atoms with Crippen LogP contribution in [0.1, 0.15) is 15.9 Å². The number of para-hydroxylation sites is 1. The van der Waals surface area contributed by atoms with E-state index in [1.54, 1.807) is 30.3 Å². The first-order valence-corrected chi connectivity index (χ1v) is 8.10. The van der Waals surface area contributed by atoms with Crippen LogP contribution in [0.3, 0.4) is 0 Å². The Hall–Kier alpha value is -3.24. The fourth-order valence-electron chi connectivity index (χ4n) is 2.02. The first-order valence-electron chi connectivity index (χ1n) is 7.31. The number of carbonyl (C=O) groups is 1. The van der Waals surface area contributed by atoms with E-state index in [0.29, 0.717) is 22.8 Å². The van der Waals surface area contributed by atoms with Crippen molar-refractivity contribution < 1.29 is 4.79 Å². The summed E-state index contributed by atoms with van der Waals surface area (Å²) in [6.07, 6.45) is 2.90. The fraction of sp³-hybridized carbons (Fsp3) is 0. The molecule has 6 nitrogen and oxygen atoms in total. The van der Waals surface area contributed by atoms with Crippen LogP contribution in [0.5, 0.6) is 0 Å². The number of nitriles is 1.